The van der Waals surface area contributed by atoms with Gasteiger partial charge in [0.25, 0.3) is 5.91 Å². The SMILES string of the molecule is O=C(/C=C/c1cccs1)Nc1cccc(C(=O)Nc2nnc(-c3ccccc3)o2)c1. The minimum Gasteiger partial charge on any atom is -0.403 e. The number of hydrogen-bond acceptors (Lipinski definition) is 6. The van der Waals surface area contributed by atoms with E-state index >= 15 is 0 Å². The van der Waals surface area contributed by atoms with E-state index in [0.29, 0.717) is 17.1 Å². The number of carbonyl (C=O) groups excluding carboxylic acids is 2. The van der Waals surface area contributed by atoms with Gasteiger partial charge in [-0.1, -0.05) is 35.4 Å². The molecule has 0 atom stereocenters. The third kappa shape index (κ3) is 4.86. The Bertz CT molecular complexity index is 1180. The van der Waals surface area contributed by atoms with Gasteiger partial charge in [-0.25, -0.2) is 0 Å². The molecule has 0 bridgehead atoms. The van der Waals surface area contributed by atoms with Gasteiger partial charge >= 0.3 is 6.01 Å². The van der Waals surface area contributed by atoms with Gasteiger partial charge in [0, 0.05) is 27.8 Å². The number of hydrogen-bond donors (Lipinski definition) is 2. The van der Waals surface area contributed by atoms with Gasteiger partial charge < -0.3 is 9.73 Å². The Kier molecular flexibility index (Phi) is 5.77. The highest BCUT2D eigenvalue weighted by Crippen LogP contribution is 2.20. The van der Waals surface area contributed by atoms with Crippen LogP contribution in [0, 0.1) is 0 Å². The molecule has 30 heavy (non-hydrogen) atoms. The van der Waals surface area contributed by atoms with Crippen LogP contribution in [-0.2, 0) is 4.79 Å². The molecular weight excluding hydrogens is 400 g/mol. The molecule has 7 nitrogen and oxygen atoms in total. The van der Waals surface area contributed by atoms with Crippen molar-refractivity contribution in [2.24, 2.45) is 0 Å². The molecule has 2 heterocycles. The maximum atomic E-state index is 12.5. The lowest BCUT2D eigenvalue weighted by atomic mass is 10.2. The van der Waals surface area contributed by atoms with E-state index in [1.54, 1.807) is 30.3 Å². The minimum atomic E-state index is -0.427. The van der Waals surface area contributed by atoms with Crippen molar-refractivity contribution in [3.8, 4) is 11.5 Å². The van der Waals surface area contributed by atoms with Crippen LogP contribution >= 0.6 is 11.3 Å². The number of nitrogens with one attached hydrogen (secondary N) is 2. The first-order chi connectivity index (χ1) is 14.7. The van der Waals surface area contributed by atoms with Crippen molar-refractivity contribution >= 4 is 40.9 Å². The first kappa shape index (κ1) is 19.3. The highest BCUT2D eigenvalue weighted by Gasteiger charge is 2.13. The van der Waals surface area contributed by atoms with Crippen LogP contribution < -0.4 is 10.6 Å². The summed E-state index contributed by atoms with van der Waals surface area (Å²) in [6.45, 7) is 0. The van der Waals surface area contributed by atoms with Crippen molar-refractivity contribution in [3.63, 3.8) is 0 Å². The Hall–Kier alpha value is -4.04. The van der Waals surface area contributed by atoms with Crippen molar-refractivity contribution in [2.45, 2.75) is 0 Å². The molecule has 0 aliphatic heterocycles. The number of rotatable bonds is 6. The highest BCUT2D eigenvalue weighted by atomic mass is 32.1. The zero-order valence-electron chi connectivity index (χ0n) is 15.6. The summed E-state index contributed by atoms with van der Waals surface area (Å²) in [5, 5.41) is 15.0. The molecule has 8 heteroatoms. The summed E-state index contributed by atoms with van der Waals surface area (Å²) in [6, 6.07) is 19.7. The van der Waals surface area contributed by atoms with E-state index in [2.05, 4.69) is 20.8 Å². The highest BCUT2D eigenvalue weighted by molar-refractivity contribution is 7.10. The summed E-state index contributed by atoms with van der Waals surface area (Å²) < 4.78 is 5.49. The van der Waals surface area contributed by atoms with Gasteiger partial charge in [0.05, 0.1) is 0 Å². The van der Waals surface area contributed by atoms with Crippen LogP contribution in [0.4, 0.5) is 11.7 Å². The molecule has 2 aromatic carbocycles. The molecule has 0 saturated heterocycles. The van der Waals surface area contributed by atoms with Crippen molar-refractivity contribution in [3.05, 3.63) is 88.6 Å². The topological polar surface area (TPSA) is 97.1 Å². The lowest BCUT2D eigenvalue weighted by Crippen LogP contribution is -2.13. The Labute approximate surface area is 176 Å². The summed E-state index contributed by atoms with van der Waals surface area (Å²) in [5.41, 5.74) is 1.60. The molecule has 2 amide bonds. The van der Waals surface area contributed by atoms with Gasteiger partial charge in [0.2, 0.25) is 11.8 Å². The molecule has 0 fully saturated rings. The Morgan fingerprint density at radius 1 is 0.933 bits per heavy atom. The molecule has 4 rings (SSSR count). The van der Waals surface area contributed by atoms with Gasteiger partial charge in [-0.2, -0.15) is 0 Å². The fourth-order valence-electron chi connectivity index (χ4n) is 2.61. The summed E-state index contributed by atoms with van der Waals surface area (Å²) in [6.07, 6.45) is 3.18. The molecule has 0 radical (unpaired) electrons. The zero-order chi connectivity index (χ0) is 20.8. The first-order valence-corrected chi connectivity index (χ1v) is 9.88. The van der Waals surface area contributed by atoms with Crippen LogP contribution in [0.3, 0.4) is 0 Å². The van der Waals surface area contributed by atoms with Crippen molar-refractivity contribution < 1.29 is 14.0 Å². The van der Waals surface area contributed by atoms with Gasteiger partial charge in [-0.05, 0) is 47.9 Å². The molecule has 0 spiro atoms. The van der Waals surface area contributed by atoms with Crippen LogP contribution in [0.15, 0.2) is 82.6 Å². The van der Waals surface area contributed by atoms with Gasteiger partial charge in [0.15, 0.2) is 0 Å². The van der Waals surface area contributed by atoms with Crippen LogP contribution in [0.25, 0.3) is 17.5 Å². The molecule has 4 aromatic rings. The number of thiophene rings is 1. The fourth-order valence-corrected chi connectivity index (χ4v) is 3.22. The average Bonchev–Trinajstić information content (AvgIpc) is 3.45. The van der Waals surface area contributed by atoms with Crippen molar-refractivity contribution in [1.29, 1.82) is 0 Å². The van der Waals surface area contributed by atoms with E-state index in [1.807, 2.05) is 47.8 Å². The lowest BCUT2D eigenvalue weighted by Gasteiger charge is -2.05. The predicted molar refractivity (Wildman–Crippen MR) is 116 cm³/mol. The smallest absolute Gasteiger partial charge is 0.322 e. The fraction of sp³-hybridized carbons (Fsp3) is 0. The number of nitrogens with zero attached hydrogens (tertiary/aromatic N) is 2. The van der Waals surface area contributed by atoms with Gasteiger partial charge in [-0.3, -0.25) is 14.9 Å². The quantitative estimate of drug-likeness (QED) is 0.444. The van der Waals surface area contributed by atoms with Crippen LogP contribution in [0.2, 0.25) is 0 Å². The Morgan fingerprint density at radius 2 is 1.80 bits per heavy atom. The number of benzene rings is 2. The molecule has 0 aliphatic rings. The second-order valence-corrected chi connectivity index (χ2v) is 7.13. The standard InChI is InChI=1S/C22H16N4O3S/c27-19(12-11-18-10-5-13-30-18)23-17-9-4-8-16(14-17)20(28)24-22-26-25-21(29-22)15-6-2-1-3-7-15/h1-14H,(H,23,27)(H,24,26,28)/b12-11+. The van der Waals surface area contributed by atoms with E-state index in [0.717, 1.165) is 10.4 Å². The van der Waals surface area contributed by atoms with Crippen molar-refractivity contribution in [2.75, 3.05) is 10.6 Å². The van der Waals surface area contributed by atoms with Crippen LogP contribution in [0.1, 0.15) is 15.2 Å². The lowest BCUT2D eigenvalue weighted by molar-refractivity contribution is -0.111. The Morgan fingerprint density at radius 3 is 2.60 bits per heavy atom. The van der Waals surface area contributed by atoms with E-state index in [9.17, 15) is 9.59 Å². The van der Waals surface area contributed by atoms with Gasteiger partial charge in [-0.15, -0.1) is 16.4 Å². The molecule has 2 N–H and O–H groups in total. The second-order valence-electron chi connectivity index (χ2n) is 6.15. The van der Waals surface area contributed by atoms with E-state index in [1.165, 1.54) is 17.4 Å². The normalized spacial score (nSPS) is 10.8. The largest absolute Gasteiger partial charge is 0.403 e. The molecule has 148 valence electrons. The van der Waals surface area contributed by atoms with Crippen molar-refractivity contribution in [1.82, 2.24) is 10.2 Å². The van der Waals surface area contributed by atoms with E-state index in [4.69, 9.17) is 4.42 Å². The van der Waals surface area contributed by atoms with Crippen LogP contribution in [-0.4, -0.2) is 22.0 Å². The van der Waals surface area contributed by atoms with E-state index < -0.39 is 5.91 Å². The second kappa shape index (κ2) is 8.97. The Balaban J connectivity index is 1.40. The maximum absolute atomic E-state index is 12.5. The summed E-state index contributed by atoms with van der Waals surface area (Å²) >= 11 is 1.54. The number of amides is 2. The van der Waals surface area contributed by atoms with Gasteiger partial charge in [0.1, 0.15) is 0 Å². The third-order valence-corrected chi connectivity index (χ3v) is 4.84. The predicted octanol–water partition coefficient (Wildman–Crippen LogP) is 4.70. The van der Waals surface area contributed by atoms with Crippen LogP contribution in [0.5, 0.6) is 0 Å². The third-order valence-electron chi connectivity index (χ3n) is 4.00. The number of anilines is 2. The molecule has 0 saturated carbocycles. The number of carbonyl (C=O) groups is 2. The molecular formula is C22H16N4O3S. The molecule has 2 aromatic heterocycles. The molecule has 0 aliphatic carbocycles. The molecule has 0 unspecified atom stereocenters. The number of aromatic nitrogens is 2. The zero-order valence-corrected chi connectivity index (χ0v) is 16.4. The maximum Gasteiger partial charge on any atom is 0.322 e. The monoisotopic (exact) mass is 416 g/mol. The average molecular weight is 416 g/mol. The summed E-state index contributed by atoms with van der Waals surface area (Å²) in [5.74, 6) is -0.404. The summed E-state index contributed by atoms with van der Waals surface area (Å²) in [4.78, 5) is 25.6. The first-order valence-electron chi connectivity index (χ1n) is 9.00. The van der Waals surface area contributed by atoms with E-state index in [-0.39, 0.29) is 11.9 Å². The minimum absolute atomic E-state index is 0.00725. The summed E-state index contributed by atoms with van der Waals surface area (Å²) in [7, 11) is 0.